The van der Waals surface area contributed by atoms with Gasteiger partial charge in [0.1, 0.15) is 12.2 Å². The van der Waals surface area contributed by atoms with E-state index in [9.17, 15) is 4.79 Å². The van der Waals surface area contributed by atoms with Crippen molar-refractivity contribution in [2.24, 2.45) is 0 Å². The Morgan fingerprint density at radius 3 is 2.83 bits per heavy atom. The molecule has 9 heteroatoms. The van der Waals surface area contributed by atoms with Crippen molar-refractivity contribution >= 4 is 11.6 Å². The fourth-order valence-electron chi connectivity index (χ4n) is 3.71. The lowest BCUT2D eigenvalue weighted by Gasteiger charge is -2.10. The quantitative estimate of drug-likeness (QED) is 0.565. The Bertz CT molecular complexity index is 1180. The molecule has 0 radical (unpaired) electrons. The molecular formula is C21H20N8O. The van der Waals surface area contributed by atoms with Gasteiger partial charge in [0.05, 0.1) is 5.69 Å². The second kappa shape index (κ2) is 7.86. The van der Waals surface area contributed by atoms with Gasteiger partial charge in [-0.2, -0.15) is 0 Å². The Labute approximate surface area is 172 Å². The van der Waals surface area contributed by atoms with Crippen molar-refractivity contribution in [2.45, 2.75) is 32.2 Å². The third-order valence-corrected chi connectivity index (χ3v) is 5.21. The van der Waals surface area contributed by atoms with Gasteiger partial charge in [0.15, 0.2) is 5.82 Å². The van der Waals surface area contributed by atoms with Gasteiger partial charge in [0.25, 0.3) is 5.91 Å². The summed E-state index contributed by atoms with van der Waals surface area (Å²) in [6.07, 6.45) is 5.94. The number of carbonyl (C=O) groups excluding carboxylic acids is 1. The smallest absolute Gasteiger partial charge is 0.255 e. The Hall–Kier alpha value is -3.88. The predicted molar refractivity (Wildman–Crippen MR) is 110 cm³/mol. The van der Waals surface area contributed by atoms with Crippen LogP contribution in [0, 0.1) is 0 Å². The van der Waals surface area contributed by atoms with Crippen molar-refractivity contribution in [2.75, 3.05) is 5.32 Å². The highest BCUT2D eigenvalue weighted by Crippen LogP contribution is 2.25. The number of hydrogen-bond acceptors (Lipinski definition) is 6. The molecule has 0 saturated carbocycles. The number of amides is 1. The first-order valence-corrected chi connectivity index (χ1v) is 9.95. The maximum absolute atomic E-state index is 12.8. The molecule has 30 heavy (non-hydrogen) atoms. The van der Waals surface area contributed by atoms with Crippen LogP contribution in [0.25, 0.3) is 17.1 Å². The van der Waals surface area contributed by atoms with E-state index in [0.717, 1.165) is 43.0 Å². The molecule has 0 spiro atoms. The molecule has 2 aromatic heterocycles. The lowest BCUT2D eigenvalue weighted by atomic mass is 10.1. The highest BCUT2D eigenvalue weighted by molar-refractivity contribution is 6.04. The molecule has 1 aliphatic rings. The van der Waals surface area contributed by atoms with Crippen LogP contribution in [0.2, 0.25) is 0 Å². The molecule has 0 aliphatic carbocycles. The molecule has 0 fully saturated rings. The zero-order valence-electron chi connectivity index (χ0n) is 16.3. The third kappa shape index (κ3) is 3.57. The van der Waals surface area contributed by atoms with Gasteiger partial charge < -0.3 is 9.88 Å². The number of nitrogens with one attached hydrogen (secondary N) is 1. The minimum atomic E-state index is -0.206. The number of nitrogens with zero attached hydrogens (tertiary/aromatic N) is 7. The van der Waals surface area contributed by atoms with Crippen LogP contribution >= 0.6 is 0 Å². The molecule has 5 rings (SSSR count). The van der Waals surface area contributed by atoms with Crippen molar-refractivity contribution in [1.29, 1.82) is 0 Å². The average Bonchev–Trinajstić information content (AvgIpc) is 3.40. The summed E-state index contributed by atoms with van der Waals surface area (Å²) in [5, 5.41) is 22.9. The summed E-state index contributed by atoms with van der Waals surface area (Å²) < 4.78 is 3.71. The van der Waals surface area contributed by atoms with E-state index >= 15 is 0 Å². The van der Waals surface area contributed by atoms with Crippen LogP contribution in [0.4, 0.5) is 5.69 Å². The molecule has 1 amide bonds. The number of aryl methyl sites for hydroxylation is 1. The lowest BCUT2D eigenvalue weighted by Crippen LogP contribution is -2.12. The zero-order valence-corrected chi connectivity index (χ0v) is 16.3. The molecule has 0 unspecified atom stereocenters. The largest absolute Gasteiger partial charge is 0.322 e. The summed E-state index contributed by atoms with van der Waals surface area (Å²) in [7, 11) is 0. The summed E-state index contributed by atoms with van der Waals surface area (Å²) >= 11 is 0. The monoisotopic (exact) mass is 400 g/mol. The lowest BCUT2D eigenvalue weighted by molar-refractivity contribution is 0.102. The Morgan fingerprint density at radius 1 is 1.00 bits per heavy atom. The SMILES string of the molecule is O=C(Nc1cccc(-c2nnc3n2CCCCC3)c1)c1cccc(-n2cnnn2)c1. The van der Waals surface area contributed by atoms with Crippen LogP contribution in [0.15, 0.2) is 54.9 Å². The normalized spacial score (nSPS) is 13.5. The van der Waals surface area contributed by atoms with Gasteiger partial charge in [0, 0.05) is 29.8 Å². The fraction of sp³-hybridized carbons (Fsp3) is 0.238. The average molecular weight is 400 g/mol. The van der Waals surface area contributed by atoms with Crippen LogP contribution < -0.4 is 5.32 Å². The topological polar surface area (TPSA) is 103 Å². The van der Waals surface area contributed by atoms with Gasteiger partial charge in [-0.15, -0.1) is 15.3 Å². The second-order valence-electron chi connectivity index (χ2n) is 7.24. The number of aromatic nitrogens is 7. The van der Waals surface area contributed by atoms with E-state index in [4.69, 9.17) is 0 Å². The third-order valence-electron chi connectivity index (χ3n) is 5.21. The minimum Gasteiger partial charge on any atom is -0.322 e. The predicted octanol–water partition coefficient (Wildman–Crippen LogP) is 2.90. The molecular weight excluding hydrogens is 380 g/mol. The van der Waals surface area contributed by atoms with Crippen LogP contribution in [-0.2, 0) is 13.0 Å². The minimum absolute atomic E-state index is 0.206. The molecule has 4 aromatic rings. The molecule has 0 atom stereocenters. The van der Waals surface area contributed by atoms with E-state index < -0.39 is 0 Å². The Morgan fingerprint density at radius 2 is 1.93 bits per heavy atom. The summed E-state index contributed by atoms with van der Waals surface area (Å²) in [6.45, 7) is 0.929. The summed E-state index contributed by atoms with van der Waals surface area (Å²) in [5.74, 6) is 1.68. The maximum Gasteiger partial charge on any atom is 0.255 e. The molecule has 3 heterocycles. The van der Waals surface area contributed by atoms with Crippen molar-refractivity contribution in [3.63, 3.8) is 0 Å². The van der Waals surface area contributed by atoms with Gasteiger partial charge in [-0.3, -0.25) is 4.79 Å². The van der Waals surface area contributed by atoms with Crippen LogP contribution in [-0.4, -0.2) is 40.9 Å². The highest BCUT2D eigenvalue weighted by Gasteiger charge is 2.16. The van der Waals surface area contributed by atoms with Crippen LogP contribution in [0.3, 0.4) is 0 Å². The first-order valence-electron chi connectivity index (χ1n) is 9.95. The van der Waals surface area contributed by atoms with Crippen molar-refractivity contribution < 1.29 is 4.79 Å². The van der Waals surface area contributed by atoms with E-state index in [1.54, 1.807) is 18.2 Å². The molecule has 2 aromatic carbocycles. The molecule has 0 bridgehead atoms. The number of rotatable bonds is 4. The molecule has 9 nitrogen and oxygen atoms in total. The van der Waals surface area contributed by atoms with Gasteiger partial charge in [0.2, 0.25) is 0 Å². The van der Waals surface area contributed by atoms with E-state index in [-0.39, 0.29) is 5.91 Å². The van der Waals surface area contributed by atoms with E-state index in [1.807, 2.05) is 30.3 Å². The van der Waals surface area contributed by atoms with Crippen LogP contribution in [0.1, 0.15) is 35.4 Å². The van der Waals surface area contributed by atoms with E-state index in [2.05, 4.69) is 35.6 Å². The number of carbonyl (C=O) groups is 1. The molecule has 150 valence electrons. The fourth-order valence-corrected chi connectivity index (χ4v) is 3.71. The molecule has 1 aliphatic heterocycles. The van der Waals surface area contributed by atoms with Gasteiger partial charge in [-0.05, 0) is 53.6 Å². The second-order valence-corrected chi connectivity index (χ2v) is 7.24. The first-order chi connectivity index (χ1) is 14.8. The number of tetrazole rings is 1. The van der Waals surface area contributed by atoms with Crippen molar-refractivity contribution in [1.82, 2.24) is 35.0 Å². The number of benzene rings is 2. The van der Waals surface area contributed by atoms with Gasteiger partial charge in [-0.1, -0.05) is 24.6 Å². The standard InChI is InChI=1S/C21H20N8O/c30-21(16-7-5-9-18(13-16)29-14-22-26-27-29)23-17-8-4-6-15(12-17)20-25-24-19-10-2-1-3-11-28(19)20/h4-9,12-14H,1-3,10-11H2,(H,23,30). The maximum atomic E-state index is 12.8. The summed E-state index contributed by atoms with van der Waals surface area (Å²) in [6, 6.07) is 14.9. The number of hydrogen-bond donors (Lipinski definition) is 1. The van der Waals surface area contributed by atoms with Gasteiger partial charge in [-0.25, -0.2) is 4.68 Å². The van der Waals surface area contributed by atoms with Crippen LogP contribution in [0.5, 0.6) is 0 Å². The number of anilines is 1. The summed E-state index contributed by atoms with van der Waals surface area (Å²) in [4.78, 5) is 12.8. The van der Waals surface area contributed by atoms with Crippen molar-refractivity contribution in [3.05, 3.63) is 66.2 Å². The molecule has 0 saturated heterocycles. The van der Waals surface area contributed by atoms with Crippen molar-refractivity contribution in [3.8, 4) is 17.1 Å². The first kappa shape index (κ1) is 18.2. The Kier molecular flexibility index (Phi) is 4.76. The Balaban J connectivity index is 1.39. The highest BCUT2D eigenvalue weighted by atomic mass is 16.1. The molecule has 1 N–H and O–H groups in total. The zero-order chi connectivity index (χ0) is 20.3. The van der Waals surface area contributed by atoms with E-state index in [0.29, 0.717) is 16.9 Å². The van der Waals surface area contributed by atoms with E-state index in [1.165, 1.54) is 17.4 Å². The van der Waals surface area contributed by atoms with Gasteiger partial charge >= 0.3 is 0 Å². The summed E-state index contributed by atoms with van der Waals surface area (Å²) in [5.41, 5.74) is 2.88. The number of fused-ring (bicyclic) bond motifs is 1.